The lowest BCUT2D eigenvalue weighted by Gasteiger charge is -2.23. The van der Waals surface area contributed by atoms with Gasteiger partial charge in [-0.3, -0.25) is 4.79 Å². The summed E-state index contributed by atoms with van der Waals surface area (Å²) in [5.74, 6) is 0.138. The Morgan fingerprint density at radius 3 is 2.85 bits per heavy atom. The molecule has 1 fully saturated rings. The Morgan fingerprint density at radius 2 is 2.15 bits per heavy atom. The third kappa shape index (κ3) is 2.41. The van der Waals surface area contributed by atoms with Gasteiger partial charge in [-0.1, -0.05) is 23.7 Å². The van der Waals surface area contributed by atoms with Gasteiger partial charge in [0.25, 0.3) is 5.91 Å². The van der Waals surface area contributed by atoms with E-state index in [1.165, 1.54) is 0 Å². The fourth-order valence-corrected chi connectivity index (χ4v) is 3.15. The van der Waals surface area contributed by atoms with Gasteiger partial charge in [-0.15, -0.1) is 0 Å². The zero-order valence-electron chi connectivity index (χ0n) is 11.1. The summed E-state index contributed by atoms with van der Waals surface area (Å²) in [6, 6.07) is 5.58. The summed E-state index contributed by atoms with van der Waals surface area (Å²) in [6.45, 7) is 2.46. The number of fused-ring (bicyclic) bond motifs is 1. The third-order valence-electron chi connectivity index (χ3n) is 3.91. The molecule has 0 spiro atoms. The highest BCUT2D eigenvalue weighted by molar-refractivity contribution is 6.35. The van der Waals surface area contributed by atoms with Crippen LogP contribution in [0.4, 0.5) is 0 Å². The van der Waals surface area contributed by atoms with Crippen molar-refractivity contribution in [3.8, 4) is 0 Å². The number of halogens is 1. The average molecular weight is 293 g/mol. The maximum Gasteiger partial charge on any atom is 0.250 e. The number of rotatable bonds is 3. The molecule has 1 aliphatic heterocycles. The largest absolute Gasteiger partial charge is 0.381 e. The molecule has 2 N–H and O–H groups in total. The number of carbonyl (C=O) groups is 1. The Kier molecular flexibility index (Phi) is 3.68. The van der Waals surface area contributed by atoms with E-state index in [4.69, 9.17) is 22.1 Å². The van der Waals surface area contributed by atoms with Gasteiger partial charge in [0.05, 0.1) is 16.1 Å². The van der Waals surface area contributed by atoms with Crippen molar-refractivity contribution in [3.63, 3.8) is 0 Å². The van der Waals surface area contributed by atoms with E-state index in [9.17, 15) is 4.79 Å². The molecule has 2 heterocycles. The molecule has 0 unspecified atom stereocenters. The molecule has 20 heavy (non-hydrogen) atoms. The zero-order chi connectivity index (χ0) is 14.1. The molecule has 5 heteroatoms. The van der Waals surface area contributed by atoms with Crippen LogP contribution in [0.1, 0.15) is 23.2 Å². The summed E-state index contributed by atoms with van der Waals surface area (Å²) >= 11 is 6.30. The highest BCUT2D eigenvalue weighted by Gasteiger charge is 2.19. The predicted molar refractivity (Wildman–Crippen MR) is 79.0 cm³/mol. The normalized spacial score (nSPS) is 16.6. The van der Waals surface area contributed by atoms with Gasteiger partial charge in [0.2, 0.25) is 0 Å². The molecule has 0 aliphatic carbocycles. The van der Waals surface area contributed by atoms with Crippen molar-refractivity contribution in [2.75, 3.05) is 13.2 Å². The van der Waals surface area contributed by atoms with E-state index in [1.807, 2.05) is 24.4 Å². The molecule has 1 aromatic heterocycles. The van der Waals surface area contributed by atoms with Crippen LogP contribution in [-0.4, -0.2) is 23.7 Å². The summed E-state index contributed by atoms with van der Waals surface area (Å²) in [4.78, 5) is 11.6. The molecule has 106 valence electrons. The molecule has 1 saturated heterocycles. The predicted octanol–water partition coefficient (Wildman–Crippen LogP) is 2.82. The standard InChI is InChI=1S/C15H17ClN2O2/c16-13-3-1-2-11-12(15(17)19)9-18(14(11)13)8-10-4-6-20-7-5-10/h1-3,9-10H,4-8H2,(H2,17,19). The highest BCUT2D eigenvalue weighted by atomic mass is 35.5. The van der Waals surface area contributed by atoms with Crippen LogP contribution in [0.5, 0.6) is 0 Å². The number of benzene rings is 1. The van der Waals surface area contributed by atoms with Crippen LogP contribution < -0.4 is 5.73 Å². The van der Waals surface area contributed by atoms with E-state index in [0.29, 0.717) is 16.5 Å². The fraction of sp³-hybridized carbons (Fsp3) is 0.400. The molecular formula is C15H17ClN2O2. The molecule has 1 aromatic carbocycles. The van der Waals surface area contributed by atoms with E-state index >= 15 is 0 Å². The van der Waals surface area contributed by atoms with Crippen LogP contribution in [0.15, 0.2) is 24.4 Å². The molecule has 0 atom stereocenters. The second-order valence-corrected chi connectivity index (χ2v) is 5.66. The molecular weight excluding hydrogens is 276 g/mol. The van der Waals surface area contributed by atoms with Crippen molar-refractivity contribution >= 4 is 28.4 Å². The Hall–Kier alpha value is -1.52. The van der Waals surface area contributed by atoms with Crippen molar-refractivity contribution in [1.82, 2.24) is 4.57 Å². The van der Waals surface area contributed by atoms with Crippen LogP contribution in [0.25, 0.3) is 10.9 Å². The van der Waals surface area contributed by atoms with Gasteiger partial charge in [0.15, 0.2) is 0 Å². The topological polar surface area (TPSA) is 57.2 Å². The van der Waals surface area contributed by atoms with Gasteiger partial charge in [0.1, 0.15) is 0 Å². The van der Waals surface area contributed by atoms with E-state index in [0.717, 1.165) is 43.5 Å². The lowest BCUT2D eigenvalue weighted by atomic mass is 10.0. The van der Waals surface area contributed by atoms with E-state index in [-0.39, 0.29) is 0 Å². The van der Waals surface area contributed by atoms with Gasteiger partial charge in [-0.2, -0.15) is 0 Å². The van der Waals surface area contributed by atoms with E-state index in [1.54, 1.807) is 0 Å². The lowest BCUT2D eigenvalue weighted by molar-refractivity contribution is 0.0616. The summed E-state index contributed by atoms with van der Waals surface area (Å²) < 4.78 is 7.45. The van der Waals surface area contributed by atoms with Crippen LogP contribution in [0.2, 0.25) is 5.02 Å². The van der Waals surface area contributed by atoms with Crippen molar-refractivity contribution < 1.29 is 9.53 Å². The summed E-state index contributed by atoms with van der Waals surface area (Å²) in [5.41, 5.74) is 6.90. The molecule has 4 nitrogen and oxygen atoms in total. The molecule has 0 radical (unpaired) electrons. The minimum absolute atomic E-state index is 0.414. The van der Waals surface area contributed by atoms with Crippen molar-refractivity contribution in [2.24, 2.45) is 11.7 Å². The van der Waals surface area contributed by atoms with Crippen molar-refractivity contribution in [3.05, 3.63) is 35.0 Å². The molecule has 0 saturated carbocycles. The first kappa shape index (κ1) is 13.5. The monoisotopic (exact) mass is 292 g/mol. The van der Waals surface area contributed by atoms with Gasteiger partial charge >= 0.3 is 0 Å². The van der Waals surface area contributed by atoms with E-state index < -0.39 is 5.91 Å². The summed E-state index contributed by atoms with van der Waals surface area (Å²) in [6.07, 6.45) is 3.90. The molecule has 1 aliphatic rings. The number of nitrogens with zero attached hydrogens (tertiary/aromatic N) is 1. The number of amides is 1. The minimum Gasteiger partial charge on any atom is -0.381 e. The smallest absolute Gasteiger partial charge is 0.250 e. The number of nitrogens with two attached hydrogens (primary N) is 1. The first-order valence-electron chi connectivity index (χ1n) is 6.81. The number of aromatic nitrogens is 1. The Morgan fingerprint density at radius 1 is 1.40 bits per heavy atom. The second-order valence-electron chi connectivity index (χ2n) is 5.25. The number of primary amides is 1. The average Bonchev–Trinajstić information content (AvgIpc) is 2.80. The van der Waals surface area contributed by atoms with Crippen molar-refractivity contribution in [1.29, 1.82) is 0 Å². The zero-order valence-corrected chi connectivity index (χ0v) is 11.9. The van der Waals surface area contributed by atoms with Crippen LogP contribution in [-0.2, 0) is 11.3 Å². The van der Waals surface area contributed by atoms with Gasteiger partial charge in [0, 0.05) is 31.3 Å². The fourth-order valence-electron chi connectivity index (χ4n) is 2.86. The summed E-state index contributed by atoms with van der Waals surface area (Å²) in [5, 5.41) is 1.49. The number of para-hydroxylation sites is 1. The first-order chi connectivity index (χ1) is 9.66. The number of carbonyl (C=O) groups excluding carboxylic acids is 1. The Bertz CT molecular complexity index is 645. The highest BCUT2D eigenvalue weighted by Crippen LogP contribution is 2.29. The maximum absolute atomic E-state index is 11.6. The van der Waals surface area contributed by atoms with Gasteiger partial charge in [-0.25, -0.2) is 0 Å². The first-order valence-corrected chi connectivity index (χ1v) is 7.19. The van der Waals surface area contributed by atoms with Crippen LogP contribution in [0.3, 0.4) is 0 Å². The quantitative estimate of drug-likeness (QED) is 0.946. The van der Waals surface area contributed by atoms with Gasteiger partial charge in [-0.05, 0) is 24.8 Å². The Labute approximate surface area is 122 Å². The SMILES string of the molecule is NC(=O)c1cn(CC2CCOCC2)c2c(Cl)cccc12. The van der Waals surface area contributed by atoms with Crippen LogP contribution in [0, 0.1) is 5.92 Å². The van der Waals surface area contributed by atoms with E-state index in [2.05, 4.69) is 4.57 Å². The molecule has 0 bridgehead atoms. The molecule has 2 aromatic rings. The lowest BCUT2D eigenvalue weighted by Crippen LogP contribution is -2.20. The number of hydrogen-bond acceptors (Lipinski definition) is 2. The van der Waals surface area contributed by atoms with Crippen molar-refractivity contribution in [2.45, 2.75) is 19.4 Å². The number of ether oxygens (including phenoxy) is 1. The third-order valence-corrected chi connectivity index (χ3v) is 4.22. The Balaban J connectivity index is 2.03. The maximum atomic E-state index is 11.6. The second kappa shape index (κ2) is 5.46. The minimum atomic E-state index is -0.414. The molecule has 1 amide bonds. The number of hydrogen-bond donors (Lipinski definition) is 1. The van der Waals surface area contributed by atoms with Crippen LogP contribution >= 0.6 is 11.6 Å². The molecule has 3 rings (SSSR count). The van der Waals surface area contributed by atoms with Gasteiger partial charge < -0.3 is 15.0 Å². The summed E-state index contributed by atoms with van der Waals surface area (Å²) in [7, 11) is 0.